The second-order valence-electron chi connectivity index (χ2n) is 20.1. The van der Waals surface area contributed by atoms with Gasteiger partial charge in [0.05, 0.1) is 0 Å². The Morgan fingerprint density at radius 1 is 0.554 bits per heavy atom. The van der Waals surface area contributed by atoms with Gasteiger partial charge in [-0.15, -0.1) is 29.1 Å². The van der Waals surface area contributed by atoms with Gasteiger partial charge in [-0.3, -0.25) is 0 Å². The SMILES string of the molecule is CC1=CC2C(C=C1C)C([Si](C)(C)NC(C)(C)C)C1Sc3ccccc3C21.CC1=CC2C(C=C1C)C([Si](C)(C)[N-]C(C)(C)C)C1Sc3ccccc3C21.[CH3-].[CH3-].[CH3-].[Ti+4]. The van der Waals surface area contributed by atoms with Crippen LogP contribution < -0.4 is 4.98 Å². The Hall–Kier alpha value is -0.832. The fraction of sp³-hybridized carbons (Fsp3) is 0.531. The first kappa shape index (κ1) is 49.5. The van der Waals surface area contributed by atoms with Crippen molar-refractivity contribution >= 4 is 40.0 Å². The van der Waals surface area contributed by atoms with Gasteiger partial charge in [0.25, 0.3) is 0 Å². The fourth-order valence-corrected chi connectivity index (χ4v) is 25.8. The molecule has 0 spiro atoms. The van der Waals surface area contributed by atoms with Gasteiger partial charge >= 0.3 is 21.7 Å². The van der Waals surface area contributed by atoms with E-state index in [0.29, 0.717) is 51.5 Å². The van der Waals surface area contributed by atoms with E-state index in [2.05, 4.69) is 197 Å². The number of allylic oxidation sites excluding steroid dienone is 8. The number of benzene rings is 2. The van der Waals surface area contributed by atoms with Crippen LogP contribution in [-0.2, 0) is 21.7 Å². The summed E-state index contributed by atoms with van der Waals surface area (Å²) in [5, 5.41) is 1.39. The third-order valence-corrected chi connectivity index (χ3v) is 23.9. The van der Waals surface area contributed by atoms with Crippen LogP contribution in [0.4, 0.5) is 0 Å². The van der Waals surface area contributed by atoms with Gasteiger partial charge in [0.2, 0.25) is 0 Å². The molecule has 1 N–H and O–H groups in total. The zero-order valence-electron chi connectivity index (χ0n) is 38.0. The first-order valence-corrected chi connectivity index (χ1v) is 27.8. The Kier molecular flexibility index (Phi) is 15.6. The van der Waals surface area contributed by atoms with Gasteiger partial charge in [-0.05, 0) is 106 Å². The molecule has 8 rings (SSSR count). The van der Waals surface area contributed by atoms with Crippen LogP contribution in [0.3, 0.4) is 0 Å². The van der Waals surface area contributed by atoms with Crippen molar-refractivity contribution in [1.29, 1.82) is 0 Å². The topological polar surface area (TPSA) is 26.1 Å². The van der Waals surface area contributed by atoms with Gasteiger partial charge in [-0.1, -0.05) is 138 Å². The summed E-state index contributed by atoms with van der Waals surface area (Å²) in [6.07, 6.45) is 10.5. The minimum atomic E-state index is -1.76. The van der Waals surface area contributed by atoms with Gasteiger partial charge < -0.3 is 32.2 Å². The Morgan fingerprint density at radius 3 is 1.30 bits per heavy atom. The second kappa shape index (κ2) is 17.6. The maximum atomic E-state index is 5.46. The van der Waals surface area contributed by atoms with E-state index in [4.69, 9.17) is 4.98 Å². The number of nitrogens with one attached hydrogen (secondary N) is 1. The van der Waals surface area contributed by atoms with Crippen molar-refractivity contribution in [2.75, 3.05) is 0 Å². The monoisotopic (exact) mass is 858 g/mol. The van der Waals surface area contributed by atoms with Crippen molar-refractivity contribution in [3.05, 3.63) is 134 Å². The van der Waals surface area contributed by atoms with Crippen LogP contribution in [0.1, 0.15) is 92.2 Å². The predicted molar refractivity (Wildman–Crippen MR) is 254 cm³/mol. The molecular weight excluding hydrogens is 785 g/mol. The molecule has 0 aromatic heterocycles. The molecule has 2 fully saturated rings. The number of thioether (sulfide) groups is 2. The van der Waals surface area contributed by atoms with E-state index < -0.39 is 16.5 Å². The molecule has 0 radical (unpaired) electrons. The minimum Gasteiger partial charge on any atom is -0.660 e. The van der Waals surface area contributed by atoms with E-state index in [-0.39, 0.29) is 55.1 Å². The third kappa shape index (κ3) is 9.24. The molecule has 304 valence electrons. The Bertz CT molecular complexity index is 1710. The summed E-state index contributed by atoms with van der Waals surface area (Å²) in [4.78, 5) is 12.6. The van der Waals surface area contributed by atoms with Gasteiger partial charge in [-0.2, -0.15) is 0 Å². The fourth-order valence-electron chi connectivity index (χ4n) is 11.7. The van der Waals surface area contributed by atoms with Crippen LogP contribution >= 0.6 is 23.5 Å². The number of nitrogens with zero attached hydrogens (tertiary/aromatic N) is 1. The molecule has 2 heterocycles. The molecule has 56 heavy (non-hydrogen) atoms. The Balaban J connectivity index is 0.000000280. The van der Waals surface area contributed by atoms with Crippen molar-refractivity contribution in [3.8, 4) is 0 Å². The summed E-state index contributed by atoms with van der Waals surface area (Å²) in [7, 11) is -3.40. The molecule has 7 heteroatoms. The van der Waals surface area contributed by atoms with Crippen molar-refractivity contribution in [2.45, 2.75) is 150 Å². The Morgan fingerprint density at radius 2 is 0.911 bits per heavy atom. The number of hydrogen-bond donors (Lipinski definition) is 1. The van der Waals surface area contributed by atoms with Gasteiger partial charge in [-0.25, -0.2) is 0 Å². The molecule has 4 aliphatic carbocycles. The van der Waals surface area contributed by atoms with E-state index >= 15 is 0 Å². The maximum absolute atomic E-state index is 5.46. The average molecular weight is 859 g/mol. The summed E-state index contributed by atoms with van der Waals surface area (Å²) in [6, 6.07) is 18.3. The zero-order valence-corrected chi connectivity index (χ0v) is 43.2. The minimum absolute atomic E-state index is 0. The van der Waals surface area contributed by atoms with E-state index in [1.54, 1.807) is 11.1 Å². The second-order valence-corrected chi connectivity index (χ2v) is 31.1. The van der Waals surface area contributed by atoms with Gasteiger partial charge in [0.15, 0.2) is 0 Å². The first-order chi connectivity index (χ1) is 24.2. The summed E-state index contributed by atoms with van der Waals surface area (Å²) < 4.78 is 0. The smallest absolute Gasteiger partial charge is 0.660 e. The number of hydrogen-bond acceptors (Lipinski definition) is 3. The maximum Gasteiger partial charge on any atom is 4.00 e. The van der Waals surface area contributed by atoms with E-state index in [9.17, 15) is 0 Å². The Labute approximate surface area is 370 Å². The molecule has 2 aliphatic heterocycles. The van der Waals surface area contributed by atoms with Crippen molar-refractivity contribution in [1.82, 2.24) is 4.98 Å². The average Bonchev–Trinajstić information content (AvgIpc) is 3.72. The van der Waals surface area contributed by atoms with Crippen LogP contribution in [0.15, 0.2) is 105 Å². The van der Waals surface area contributed by atoms with Crippen LogP contribution in [0, 0.1) is 46.0 Å². The van der Waals surface area contributed by atoms with Crippen LogP contribution in [0.2, 0.25) is 37.3 Å². The van der Waals surface area contributed by atoms with Crippen LogP contribution in [-0.4, -0.2) is 38.0 Å². The van der Waals surface area contributed by atoms with E-state index in [1.807, 2.05) is 0 Å². The molecule has 2 nitrogen and oxygen atoms in total. The summed E-state index contributed by atoms with van der Waals surface area (Å²) in [5.74, 6) is 3.99. The van der Waals surface area contributed by atoms with Crippen molar-refractivity contribution in [3.63, 3.8) is 0 Å². The molecule has 0 amide bonds. The molecule has 2 aromatic carbocycles. The summed E-state index contributed by atoms with van der Waals surface area (Å²) in [6.45, 7) is 33.2. The zero-order chi connectivity index (χ0) is 37.7. The quantitative estimate of drug-likeness (QED) is 0.245. The van der Waals surface area contributed by atoms with Gasteiger partial charge in [0.1, 0.15) is 8.24 Å². The molecule has 2 saturated carbocycles. The van der Waals surface area contributed by atoms with Crippen LogP contribution in [0.25, 0.3) is 4.98 Å². The number of fused-ring (bicyclic) bond motifs is 10. The van der Waals surface area contributed by atoms with E-state index in [0.717, 1.165) is 5.54 Å². The summed E-state index contributed by atoms with van der Waals surface area (Å²) in [5.41, 5.74) is 10.8. The van der Waals surface area contributed by atoms with Crippen LogP contribution in [0.5, 0.6) is 0 Å². The normalized spacial score (nSPS) is 30.9. The molecule has 0 saturated heterocycles. The van der Waals surface area contributed by atoms with Crippen molar-refractivity contribution in [2.24, 2.45) is 23.7 Å². The first-order valence-electron chi connectivity index (χ1n) is 20.0. The molecule has 6 aliphatic rings. The molecule has 2 aromatic rings. The standard InChI is InChI=1S/C23H33NSSi.C23H32NSSi.3CH3.Ti/c2*1-14-12-17-18(13-15(14)2)22(26(6,7)24-23(3,4)5)21-20(17)16-10-8-9-11-19(16)25-21;;;;/h8-13,17-18,20-22,24H,1-7H3;8-13,17-18,20-22H,1-7H3;3*1H3;/q;4*-1;+4. The molecule has 10 unspecified atom stereocenters. The van der Waals surface area contributed by atoms with Gasteiger partial charge in [0, 0.05) is 37.7 Å². The third-order valence-electron chi connectivity index (χ3n) is 13.0. The number of rotatable bonds is 4. The summed E-state index contributed by atoms with van der Waals surface area (Å²) >= 11 is 4.32. The molecule has 10 atom stereocenters. The largest absolute Gasteiger partial charge is 4.00 e. The molecule has 0 bridgehead atoms. The predicted octanol–water partition coefficient (Wildman–Crippen LogP) is 14.9. The van der Waals surface area contributed by atoms with Crippen molar-refractivity contribution < 1.29 is 21.7 Å². The van der Waals surface area contributed by atoms with E-state index in [1.165, 1.54) is 32.1 Å². The molecular formula is C49H74N2S2Si2Ti.